The lowest BCUT2D eigenvalue weighted by molar-refractivity contribution is -0.120. The van der Waals surface area contributed by atoms with Crippen LogP contribution in [0.1, 0.15) is 28.4 Å². The first-order valence-corrected chi connectivity index (χ1v) is 8.38. The number of carbonyl (C=O) groups is 3. The molecule has 1 atom stereocenters. The molecule has 0 unspecified atom stereocenters. The molecule has 0 saturated heterocycles. The third-order valence-electron chi connectivity index (χ3n) is 3.87. The average molecular weight is 353 g/mol. The molecule has 0 radical (unpaired) electrons. The van der Waals surface area contributed by atoms with E-state index in [-0.39, 0.29) is 30.6 Å². The summed E-state index contributed by atoms with van der Waals surface area (Å²) in [5.41, 5.74) is 7.97. The second kappa shape index (κ2) is 8.92. The molecule has 0 aliphatic carbocycles. The second-order valence-corrected chi connectivity index (χ2v) is 6.12. The molecule has 136 valence electrons. The quantitative estimate of drug-likeness (QED) is 0.661. The molecule has 0 aliphatic rings. The molecule has 0 spiro atoms. The van der Waals surface area contributed by atoms with Gasteiger partial charge >= 0.3 is 0 Å². The third-order valence-corrected chi connectivity index (χ3v) is 3.87. The van der Waals surface area contributed by atoms with E-state index < -0.39 is 6.04 Å². The number of rotatable bonds is 7. The smallest absolute Gasteiger partial charge is 0.238 e. The molecule has 2 aromatic rings. The van der Waals surface area contributed by atoms with E-state index in [1.807, 2.05) is 31.2 Å². The summed E-state index contributed by atoms with van der Waals surface area (Å²) in [5, 5.41) is 5.31. The maximum Gasteiger partial charge on any atom is 0.238 e. The Morgan fingerprint density at radius 3 is 2.46 bits per heavy atom. The van der Waals surface area contributed by atoms with Gasteiger partial charge in [-0.05, 0) is 31.5 Å². The zero-order valence-corrected chi connectivity index (χ0v) is 14.9. The number of benzene rings is 2. The molecule has 0 aliphatic heterocycles. The van der Waals surface area contributed by atoms with E-state index >= 15 is 0 Å². The molecule has 2 aromatic carbocycles. The lowest BCUT2D eigenvalue weighted by Gasteiger charge is -2.16. The summed E-state index contributed by atoms with van der Waals surface area (Å²) < 4.78 is 0. The Hall–Kier alpha value is -2.99. The summed E-state index contributed by atoms with van der Waals surface area (Å²) in [6.45, 7) is 3.41. The minimum Gasteiger partial charge on any atom is -0.346 e. The highest BCUT2D eigenvalue weighted by Crippen LogP contribution is 2.17. The van der Waals surface area contributed by atoms with Crippen LogP contribution >= 0.6 is 0 Å². The molecule has 4 N–H and O–H groups in total. The molecule has 0 aromatic heterocycles. The third kappa shape index (κ3) is 5.26. The van der Waals surface area contributed by atoms with E-state index in [0.29, 0.717) is 11.3 Å². The SMILES string of the molecule is Cc1cccc(CC(=O)N[C@@H](C)C(=O)c2ccccc2NC(=O)CN)c1. The molecule has 26 heavy (non-hydrogen) atoms. The van der Waals surface area contributed by atoms with Crippen LogP contribution in [0.15, 0.2) is 48.5 Å². The fourth-order valence-corrected chi connectivity index (χ4v) is 2.61. The Morgan fingerprint density at radius 1 is 1.04 bits per heavy atom. The second-order valence-electron chi connectivity index (χ2n) is 6.12. The Bertz CT molecular complexity index is 817. The van der Waals surface area contributed by atoms with Crippen molar-refractivity contribution in [1.82, 2.24) is 5.32 Å². The van der Waals surface area contributed by atoms with Gasteiger partial charge in [0.15, 0.2) is 5.78 Å². The van der Waals surface area contributed by atoms with Crippen LogP contribution in [-0.2, 0) is 16.0 Å². The maximum absolute atomic E-state index is 12.7. The highest BCUT2D eigenvalue weighted by molar-refractivity contribution is 6.08. The molecule has 0 bridgehead atoms. The summed E-state index contributed by atoms with van der Waals surface area (Å²) in [6.07, 6.45) is 0.199. The molecule has 0 saturated carbocycles. The largest absolute Gasteiger partial charge is 0.346 e. The van der Waals surface area contributed by atoms with Gasteiger partial charge in [-0.2, -0.15) is 0 Å². The summed E-state index contributed by atoms with van der Waals surface area (Å²) in [7, 11) is 0. The highest BCUT2D eigenvalue weighted by atomic mass is 16.2. The van der Waals surface area contributed by atoms with Gasteiger partial charge in [0.2, 0.25) is 11.8 Å². The van der Waals surface area contributed by atoms with E-state index in [0.717, 1.165) is 11.1 Å². The monoisotopic (exact) mass is 353 g/mol. The Labute approximate surface area is 152 Å². The number of carbonyl (C=O) groups excluding carboxylic acids is 3. The zero-order chi connectivity index (χ0) is 19.1. The fourth-order valence-electron chi connectivity index (χ4n) is 2.61. The number of Topliss-reactive ketones (excluding diaryl/α,β-unsaturated/α-hetero) is 1. The zero-order valence-electron chi connectivity index (χ0n) is 14.9. The number of amides is 2. The van der Waals surface area contributed by atoms with E-state index in [9.17, 15) is 14.4 Å². The van der Waals surface area contributed by atoms with Crippen LogP contribution in [0.5, 0.6) is 0 Å². The van der Waals surface area contributed by atoms with Crippen molar-refractivity contribution in [3.63, 3.8) is 0 Å². The first-order valence-electron chi connectivity index (χ1n) is 8.38. The molecular weight excluding hydrogens is 330 g/mol. The van der Waals surface area contributed by atoms with E-state index in [4.69, 9.17) is 5.73 Å². The van der Waals surface area contributed by atoms with Crippen molar-refractivity contribution in [1.29, 1.82) is 0 Å². The van der Waals surface area contributed by atoms with Crippen molar-refractivity contribution in [3.05, 3.63) is 65.2 Å². The van der Waals surface area contributed by atoms with Gasteiger partial charge in [-0.1, -0.05) is 42.0 Å². The number of aryl methyl sites for hydroxylation is 1. The number of nitrogens with one attached hydrogen (secondary N) is 2. The Kier molecular flexibility index (Phi) is 6.63. The lowest BCUT2D eigenvalue weighted by Crippen LogP contribution is -2.39. The minimum absolute atomic E-state index is 0.175. The Balaban J connectivity index is 2.05. The van der Waals surface area contributed by atoms with Crippen LogP contribution in [-0.4, -0.2) is 30.2 Å². The molecule has 0 fully saturated rings. The van der Waals surface area contributed by atoms with Gasteiger partial charge in [0.1, 0.15) is 0 Å². The number of nitrogens with two attached hydrogens (primary N) is 1. The van der Waals surface area contributed by atoms with Gasteiger partial charge in [0.25, 0.3) is 0 Å². The lowest BCUT2D eigenvalue weighted by atomic mass is 10.0. The number of para-hydroxylation sites is 1. The highest BCUT2D eigenvalue weighted by Gasteiger charge is 2.20. The molecule has 0 heterocycles. The van der Waals surface area contributed by atoms with Gasteiger partial charge in [-0.3, -0.25) is 14.4 Å². The van der Waals surface area contributed by atoms with Crippen LogP contribution in [0.2, 0.25) is 0 Å². The number of ketones is 1. The van der Waals surface area contributed by atoms with Crippen molar-refractivity contribution >= 4 is 23.3 Å². The summed E-state index contributed by atoms with van der Waals surface area (Å²) >= 11 is 0. The van der Waals surface area contributed by atoms with Gasteiger partial charge < -0.3 is 16.4 Å². The first kappa shape index (κ1) is 19.3. The number of anilines is 1. The topological polar surface area (TPSA) is 101 Å². The normalized spacial score (nSPS) is 11.5. The van der Waals surface area contributed by atoms with Crippen LogP contribution < -0.4 is 16.4 Å². The summed E-state index contributed by atoms with van der Waals surface area (Å²) in [6, 6.07) is 13.6. The van der Waals surface area contributed by atoms with Crippen molar-refractivity contribution < 1.29 is 14.4 Å². The van der Waals surface area contributed by atoms with Crippen LogP contribution in [0.3, 0.4) is 0 Å². The predicted octanol–water partition coefficient (Wildman–Crippen LogP) is 1.82. The van der Waals surface area contributed by atoms with Crippen molar-refractivity contribution in [2.75, 3.05) is 11.9 Å². The van der Waals surface area contributed by atoms with E-state index in [1.54, 1.807) is 31.2 Å². The molecule has 2 rings (SSSR count). The fraction of sp³-hybridized carbons (Fsp3) is 0.250. The molecule has 6 heteroatoms. The van der Waals surface area contributed by atoms with Crippen LogP contribution in [0.25, 0.3) is 0 Å². The van der Waals surface area contributed by atoms with Crippen molar-refractivity contribution in [2.24, 2.45) is 5.73 Å². The number of hydrogen-bond acceptors (Lipinski definition) is 4. The number of hydrogen-bond donors (Lipinski definition) is 3. The maximum atomic E-state index is 12.7. The molecule has 6 nitrogen and oxygen atoms in total. The van der Waals surface area contributed by atoms with Crippen molar-refractivity contribution in [3.8, 4) is 0 Å². The van der Waals surface area contributed by atoms with E-state index in [1.165, 1.54) is 0 Å². The van der Waals surface area contributed by atoms with Gasteiger partial charge in [-0.15, -0.1) is 0 Å². The van der Waals surface area contributed by atoms with Gasteiger partial charge in [0, 0.05) is 5.56 Å². The van der Waals surface area contributed by atoms with E-state index in [2.05, 4.69) is 10.6 Å². The standard InChI is InChI=1S/C20H23N3O3/c1-13-6-5-7-15(10-13)11-18(24)22-14(2)20(26)16-8-3-4-9-17(16)23-19(25)12-21/h3-10,14H,11-12,21H2,1-2H3,(H,22,24)(H,23,25)/t14-/m0/s1. The van der Waals surface area contributed by atoms with Gasteiger partial charge in [-0.25, -0.2) is 0 Å². The van der Waals surface area contributed by atoms with Crippen LogP contribution in [0, 0.1) is 6.92 Å². The Morgan fingerprint density at radius 2 is 1.77 bits per heavy atom. The minimum atomic E-state index is -0.719. The molecule has 2 amide bonds. The van der Waals surface area contributed by atoms with Crippen molar-refractivity contribution in [2.45, 2.75) is 26.3 Å². The first-order chi connectivity index (χ1) is 12.4. The average Bonchev–Trinajstić information content (AvgIpc) is 2.61. The van der Waals surface area contributed by atoms with Crippen LogP contribution in [0.4, 0.5) is 5.69 Å². The summed E-state index contributed by atoms with van der Waals surface area (Å²) in [5.74, 6) is -0.906. The molecular formula is C20H23N3O3. The summed E-state index contributed by atoms with van der Waals surface area (Å²) in [4.78, 5) is 36.4. The predicted molar refractivity (Wildman–Crippen MR) is 101 cm³/mol. The van der Waals surface area contributed by atoms with Gasteiger partial charge in [0.05, 0.1) is 24.7 Å².